The molecule has 0 amide bonds. The third kappa shape index (κ3) is 2.82. The van der Waals surface area contributed by atoms with E-state index in [4.69, 9.17) is 0 Å². The number of non-ortho nitro benzene ring substituents is 1. The zero-order valence-electron chi connectivity index (χ0n) is 14.7. The number of carbonyl (C=O) groups excluding carboxylic acids is 1. The van der Waals surface area contributed by atoms with Gasteiger partial charge in [0.05, 0.1) is 10.6 Å². The second kappa shape index (κ2) is 6.44. The van der Waals surface area contributed by atoms with E-state index >= 15 is 0 Å². The number of rotatable bonds is 4. The first-order chi connectivity index (χ1) is 13.0. The number of hydrogen-bond acceptors (Lipinski definition) is 5. The Balaban J connectivity index is 1.94. The number of nitro groups is 1. The van der Waals surface area contributed by atoms with Gasteiger partial charge in [0.15, 0.2) is 11.2 Å². The lowest BCUT2D eigenvalue weighted by Crippen LogP contribution is -1.95. The van der Waals surface area contributed by atoms with Crippen molar-refractivity contribution in [3.8, 4) is 22.5 Å². The largest absolute Gasteiger partial charge is 0.296 e. The molecule has 134 valence electrons. The van der Waals surface area contributed by atoms with Gasteiger partial charge in [-0.25, -0.2) is 4.98 Å². The van der Waals surface area contributed by atoms with Crippen molar-refractivity contribution in [2.45, 2.75) is 13.8 Å². The molecule has 0 aliphatic rings. The Labute approximate surface area is 158 Å². The number of aromatic nitrogens is 2. The zero-order chi connectivity index (χ0) is 19.1. The van der Waals surface area contributed by atoms with Crippen molar-refractivity contribution in [2.75, 3.05) is 0 Å². The highest BCUT2D eigenvalue weighted by Gasteiger charge is 2.20. The molecule has 0 saturated heterocycles. The normalized spacial score (nSPS) is 11.0. The van der Waals surface area contributed by atoms with Gasteiger partial charge in [-0.15, -0.1) is 11.3 Å². The van der Waals surface area contributed by atoms with E-state index in [1.807, 2.05) is 28.8 Å². The fourth-order valence-electron chi connectivity index (χ4n) is 3.07. The summed E-state index contributed by atoms with van der Waals surface area (Å²) in [6.45, 7) is 4.10. The Morgan fingerprint density at radius 2 is 1.93 bits per heavy atom. The molecular weight excluding hydrogens is 362 g/mol. The van der Waals surface area contributed by atoms with Gasteiger partial charge in [0.25, 0.3) is 5.69 Å². The van der Waals surface area contributed by atoms with E-state index < -0.39 is 4.92 Å². The minimum atomic E-state index is -0.455. The lowest BCUT2D eigenvalue weighted by atomic mass is 10.0. The smallest absolute Gasteiger partial charge is 0.270 e. The fourth-order valence-corrected chi connectivity index (χ4v) is 3.98. The highest BCUT2D eigenvalue weighted by Crippen LogP contribution is 2.33. The number of imidazole rings is 1. The maximum atomic E-state index is 11.9. The molecule has 0 spiro atoms. The van der Waals surface area contributed by atoms with E-state index in [9.17, 15) is 14.9 Å². The summed E-state index contributed by atoms with van der Waals surface area (Å²) in [5.41, 5.74) is 5.59. The number of carbonyl (C=O) groups is 1. The number of thiazole rings is 1. The molecule has 0 unspecified atom stereocenters. The molecule has 0 fully saturated rings. The molecule has 6 nitrogen and oxygen atoms in total. The summed E-state index contributed by atoms with van der Waals surface area (Å²) in [5.74, 6) is 0. The second-order valence-corrected chi connectivity index (χ2v) is 7.15. The first kappa shape index (κ1) is 17.1. The van der Waals surface area contributed by atoms with Crippen LogP contribution in [0.1, 0.15) is 21.6 Å². The van der Waals surface area contributed by atoms with Crippen molar-refractivity contribution in [3.05, 3.63) is 74.8 Å². The molecule has 2 aromatic heterocycles. The molecule has 0 N–H and O–H groups in total. The lowest BCUT2D eigenvalue weighted by Gasteiger charge is -2.06. The monoisotopic (exact) mass is 377 g/mol. The van der Waals surface area contributed by atoms with E-state index in [1.54, 1.807) is 12.1 Å². The van der Waals surface area contributed by atoms with Crippen LogP contribution in [0.4, 0.5) is 5.69 Å². The molecule has 2 heterocycles. The van der Waals surface area contributed by atoms with E-state index in [2.05, 4.69) is 18.0 Å². The van der Waals surface area contributed by atoms with Crippen molar-refractivity contribution in [1.82, 2.24) is 9.38 Å². The van der Waals surface area contributed by atoms with Crippen molar-refractivity contribution < 1.29 is 9.72 Å². The Hall–Kier alpha value is -3.32. The molecule has 0 atom stereocenters. The number of benzene rings is 2. The zero-order valence-corrected chi connectivity index (χ0v) is 15.5. The standard InChI is InChI=1S/C20H15N3O3S/c1-12-6-7-14(8-13(12)2)18-11-27-20-21-19(17(10-24)22(18)20)15-4-3-5-16(9-15)23(25)26/h3-11H,1-2H3. The Morgan fingerprint density at radius 3 is 2.63 bits per heavy atom. The molecule has 0 bridgehead atoms. The molecule has 7 heteroatoms. The first-order valence-corrected chi connectivity index (χ1v) is 9.15. The molecule has 4 rings (SSSR count). The van der Waals surface area contributed by atoms with E-state index in [1.165, 1.54) is 34.6 Å². The minimum absolute atomic E-state index is 0.0323. The van der Waals surface area contributed by atoms with Crippen LogP contribution in [0.3, 0.4) is 0 Å². The van der Waals surface area contributed by atoms with Crippen LogP contribution in [-0.4, -0.2) is 20.6 Å². The van der Waals surface area contributed by atoms with Gasteiger partial charge in [-0.05, 0) is 36.6 Å². The van der Waals surface area contributed by atoms with Gasteiger partial charge in [0.2, 0.25) is 0 Å². The van der Waals surface area contributed by atoms with Crippen molar-refractivity contribution >= 4 is 28.3 Å². The molecule has 0 aliphatic carbocycles. The lowest BCUT2D eigenvalue weighted by molar-refractivity contribution is -0.384. The average Bonchev–Trinajstić information content (AvgIpc) is 3.23. The van der Waals surface area contributed by atoms with E-state index in [0.29, 0.717) is 21.9 Å². The van der Waals surface area contributed by atoms with Gasteiger partial charge < -0.3 is 0 Å². The predicted molar refractivity (Wildman–Crippen MR) is 105 cm³/mol. The van der Waals surface area contributed by atoms with Crippen LogP contribution >= 0.6 is 11.3 Å². The Morgan fingerprint density at radius 1 is 1.11 bits per heavy atom. The Kier molecular flexibility index (Phi) is 4.08. The SMILES string of the molecule is Cc1ccc(-c2csc3nc(-c4cccc([N+](=O)[O-])c4)c(C=O)n23)cc1C. The highest BCUT2D eigenvalue weighted by atomic mass is 32.1. The van der Waals surface area contributed by atoms with Gasteiger partial charge >= 0.3 is 0 Å². The number of aryl methyl sites for hydroxylation is 2. The third-order valence-corrected chi connectivity index (χ3v) is 5.47. The fraction of sp³-hybridized carbons (Fsp3) is 0.100. The minimum Gasteiger partial charge on any atom is -0.296 e. The van der Waals surface area contributed by atoms with E-state index in [0.717, 1.165) is 17.5 Å². The molecular formula is C20H15N3O3S. The van der Waals surface area contributed by atoms with Crippen LogP contribution in [0.25, 0.3) is 27.5 Å². The third-order valence-electron chi connectivity index (χ3n) is 4.64. The number of nitrogens with zero attached hydrogens (tertiary/aromatic N) is 3. The van der Waals surface area contributed by atoms with Gasteiger partial charge in [0, 0.05) is 23.1 Å². The molecule has 0 radical (unpaired) electrons. The molecule has 0 saturated carbocycles. The summed E-state index contributed by atoms with van der Waals surface area (Å²) < 4.78 is 1.82. The molecule has 27 heavy (non-hydrogen) atoms. The summed E-state index contributed by atoms with van der Waals surface area (Å²) in [5, 5.41) is 13.0. The second-order valence-electron chi connectivity index (χ2n) is 6.31. The van der Waals surface area contributed by atoms with E-state index in [-0.39, 0.29) is 5.69 Å². The van der Waals surface area contributed by atoms with Crippen molar-refractivity contribution in [1.29, 1.82) is 0 Å². The average molecular weight is 377 g/mol. The van der Waals surface area contributed by atoms with Crippen LogP contribution in [0.15, 0.2) is 47.8 Å². The first-order valence-electron chi connectivity index (χ1n) is 8.27. The quantitative estimate of drug-likeness (QED) is 0.283. The summed E-state index contributed by atoms with van der Waals surface area (Å²) in [6.07, 6.45) is 0.755. The van der Waals surface area contributed by atoms with Gasteiger partial charge in [-0.1, -0.05) is 24.3 Å². The maximum absolute atomic E-state index is 11.9. The summed E-state index contributed by atoms with van der Waals surface area (Å²) in [6, 6.07) is 12.3. The van der Waals surface area contributed by atoms with Crippen molar-refractivity contribution in [3.63, 3.8) is 0 Å². The topological polar surface area (TPSA) is 77.5 Å². The highest BCUT2D eigenvalue weighted by molar-refractivity contribution is 7.15. The van der Waals surface area contributed by atoms with Crippen LogP contribution in [0.5, 0.6) is 0 Å². The van der Waals surface area contributed by atoms with Gasteiger partial charge in [0.1, 0.15) is 11.4 Å². The summed E-state index contributed by atoms with van der Waals surface area (Å²) >= 11 is 1.43. The summed E-state index contributed by atoms with van der Waals surface area (Å²) in [4.78, 5) is 27.8. The molecule has 2 aromatic carbocycles. The van der Waals surface area contributed by atoms with Crippen LogP contribution in [-0.2, 0) is 0 Å². The van der Waals surface area contributed by atoms with Crippen LogP contribution in [0.2, 0.25) is 0 Å². The van der Waals surface area contributed by atoms with Crippen molar-refractivity contribution in [2.24, 2.45) is 0 Å². The number of aldehydes is 1. The maximum Gasteiger partial charge on any atom is 0.270 e. The number of nitro benzene ring substituents is 1. The van der Waals surface area contributed by atoms with Crippen LogP contribution < -0.4 is 0 Å². The van der Waals surface area contributed by atoms with Gasteiger partial charge in [-0.3, -0.25) is 19.3 Å². The van der Waals surface area contributed by atoms with Gasteiger partial charge in [-0.2, -0.15) is 0 Å². The van der Waals surface area contributed by atoms with Crippen LogP contribution in [0, 0.1) is 24.0 Å². The predicted octanol–water partition coefficient (Wildman–Crippen LogP) is 5.07. The Bertz CT molecular complexity index is 1210. The number of fused-ring (bicyclic) bond motifs is 1. The number of hydrogen-bond donors (Lipinski definition) is 0. The summed E-state index contributed by atoms with van der Waals surface area (Å²) in [7, 11) is 0. The molecule has 0 aliphatic heterocycles. The molecule has 4 aromatic rings.